The van der Waals surface area contributed by atoms with E-state index in [2.05, 4.69) is 0 Å². The molecule has 4 rings (SSSR count). The standard InChI is InChI=1S/C27H21N3O3/c31-25-28(19-16-22-10-4-1-5-11-22)26(32)30(21-18-24-14-8-3-9-15-24)27(33)29(25)20-17-23-12-6-2-7-13-23/h1-21H/b19-16+,20-17+,21-18+. The highest BCUT2D eigenvalue weighted by molar-refractivity contribution is 5.63. The van der Waals surface area contributed by atoms with E-state index in [9.17, 15) is 14.4 Å². The highest BCUT2D eigenvalue weighted by Gasteiger charge is 2.11. The van der Waals surface area contributed by atoms with Gasteiger partial charge in [-0.25, -0.2) is 28.1 Å². The molecule has 0 spiro atoms. The zero-order valence-corrected chi connectivity index (χ0v) is 17.7. The molecule has 162 valence electrons. The third-order valence-electron chi connectivity index (χ3n) is 4.88. The molecule has 0 aliphatic heterocycles. The molecule has 0 N–H and O–H groups in total. The Labute approximate surface area is 189 Å². The van der Waals surface area contributed by atoms with Crippen molar-refractivity contribution in [3.8, 4) is 0 Å². The molecule has 33 heavy (non-hydrogen) atoms. The van der Waals surface area contributed by atoms with Crippen LogP contribution in [0.15, 0.2) is 105 Å². The van der Waals surface area contributed by atoms with Crippen molar-refractivity contribution < 1.29 is 0 Å². The molecule has 1 aromatic heterocycles. The van der Waals surface area contributed by atoms with Gasteiger partial charge in [0.2, 0.25) is 0 Å². The van der Waals surface area contributed by atoms with Crippen molar-refractivity contribution in [2.45, 2.75) is 0 Å². The number of hydrogen-bond donors (Lipinski definition) is 0. The first-order valence-electron chi connectivity index (χ1n) is 10.3. The minimum Gasteiger partial charge on any atom is -0.247 e. The molecule has 0 saturated heterocycles. The molecule has 6 heteroatoms. The molecular weight excluding hydrogens is 414 g/mol. The lowest BCUT2D eigenvalue weighted by Gasteiger charge is -2.07. The maximum absolute atomic E-state index is 13.1. The Bertz CT molecular complexity index is 1280. The van der Waals surface area contributed by atoms with Gasteiger partial charge in [0.25, 0.3) is 0 Å². The van der Waals surface area contributed by atoms with E-state index in [0.717, 1.165) is 30.4 Å². The molecule has 0 atom stereocenters. The second-order valence-corrected chi connectivity index (χ2v) is 7.14. The van der Waals surface area contributed by atoms with Gasteiger partial charge in [-0.3, -0.25) is 0 Å². The van der Waals surface area contributed by atoms with Gasteiger partial charge in [0.15, 0.2) is 0 Å². The summed E-state index contributed by atoms with van der Waals surface area (Å²) in [6.45, 7) is 0. The molecule has 0 aliphatic rings. The van der Waals surface area contributed by atoms with Gasteiger partial charge in [0.05, 0.1) is 0 Å². The predicted octanol–water partition coefficient (Wildman–Crippen LogP) is 4.06. The molecule has 6 nitrogen and oxygen atoms in total. The zero-order chi connectivity index (χ0) is 23.0. The van der Waals surface area contributed by atoms with Crippen LogP contribution in [-0.2, 0) is 0 Å². The Kier molecular flexibility index (Phi) is 6.56. The lowest BCUT2D eigenvalue weighted by molar-refractivity contribution is 0.711. The molecule has 0 radical (unpaired) electrons. The maximum atomic E-state index is 13.1. The fourth-order valence-corrected chi connectivity index (χ4v) is 3.15. The van der Waals surface area contributed by atoms with Crippen molar-refractivity contribution in [1.82, 2.24) is 13.7 Å². The Morgan fingerprint density at radius 1 is 0.394 bits per heavy atom. The van der Waals surface area contributed by atoms with Gasteiger partial charge in [-0.1, -0.05) is 91.0 Å². The van der Waals surface area contributed by atoms with E-state index in [1.807, 2.05) is 91.0 Å². The summed E-state index contributed by atoms with van der Waals surface area (Å²) in [5.41, 5.74) is 0.171. The summed E-state index contributed by atoms with van der Waals surface area (Å²) in [4.78, 5) is 39.2. The Morgan fingerprint density at radius 3 is 0.879 bits per heavy atom. The summed E-state index contributed by atoms with van der Waals surface area (Å²) in [6.07, 6.45) is 9.05. The van der Waals surface area contributed by atoms with Crippen LogP contribution >= 0.6 is 0 Å². The Hall–Kier alpha value is -4.71. The van der Waals surface area contributed by atoms with Gasteiger partial charge < -0.3 is 0 Å². The van der Waals surface area contributed by atoms with Crippen LogP contribution < -0.4 is 17.1 Å². The normalized spacial score (nSPS) is 11.6. The molecule has 0 saturated carbocycles. The maximum Gasteiger partial charge on any atom is 0.344 e. The summed E-state index contributed by atoms with van der Waals surface area (Å²) in [5.74, 6) is 0. The molecule has 0 bridgehead atoms. The van der Waals surface area contributed by atoms with Crippen LogP contribution in [0.3, 0.4) is 0 Å². The highest BCUT2D eigenvalue weighted by atomic mass is 16.2. The van der Waals surface area contributed by atoms with E-state index < -0.39 is 17.1 Å². The van der Waals surface area contributed by atoms with Crippen LogP contribution in [0.25, 0.3) is 36.8 Å². The SMILES string of the molecule is O=c1n(/C=C/c2ccccc2)c(=O)n(/C=C/c2ccccc2)c(=O)n1/C=C/c1ccccc1. The van der Waals surface area contributed by atoms with Gasteiger partial charge in [-0.15, -0.1) is 0 Å². The molecule has 0 fully saturated rings. The highest BCUT2D eigenvalue weighted by Crippen LogP contribution is 2.03. The second kappa shape index (κ2) is 10.1. The van der Waals surface area contributed by atoms with Crippen molar-refractivity contribution in [3.05, 3.63) is 139 Å². The van der Waals surface area contributed by atoms with Crippen LogP contribution in [0.2, 0.25) is 0 Å². The smallest absolute Gasteiger partial charge is 0.247 e. The lowest BCUT2D eigenvalue weighted by atomic mass is 10.2. The molecule has 0 unspecified atom stereocenters. The number of benzene rings is 3. The van der Waals surface area contributed by atoms with Crippen LogP contribution in [0.4, 0.5) is 0 Å². The average Bonchev–Trinajstić information content (AvgIpc) is 2.86. The first-order valence-corrected chi connectivity index (χ1v) is 10.3. The van der Waals surface area contributed by atoms with E-state index in [0.29, 0.717) is 0 Å². The van der Waals surface area contributed by atoms with Crippen molar-refractivity contribution in [3.63, 3.8) is 0 Å². The number of hydrogen-bond acceptors (Lipinski definition) is 3. The van der Waals surface area contributed by atoms with Crippen molar-refractivity contribution in [1.29, 1.82) is 0 Å². The van der Waals surface area contributed by atoms with E-state index in [1.165, 1.54) is 18.6 Å². The van der Waals surface area contributed by atoms with Crippen LogP contribution in [0.5, 0.6) is 0 Å². The fourth-order valence-electron chi connectivity index (χ4n) is 3.15. The molecular formula is C27H21N3O3. The number of aromatic nitrogens is 3. The van der Waals surface area contributed by atoms with Crippen LogP contribution in [0.1, 0.15) is 16.7 Å². The topological polar surface area (TPSA) is 66.0 Å². The Balaban J connectivity index is 1.86. The van der Waals surface area contributed by atoms with Crippen molar-refractivity contribution >= 4 is 36.8 Å². The molecule has 1 heterocycles. The van der Waals surface area contributed by atoms with Crippen molar-refractivity contribution in [2.24, 2.45) is 0 Å². The van der Waals surface area contributed by atoms with Crippen LogP contribution in [0, 0.1) is 0 Å². The first kappa shape index (κ1) is 21.5. The first-order chi connectivity index (χ1) is 16.1. The molecule has 3 aromatic carbocycles. The van der Waals surface area contributed by atoms with Gasteiger partial charge in [-0.05, 0) is 34.9 Å². The molecule has 4 aromatic rings. The third-order valence-corrected chi connectivity index (χ3v) is 4.88. The van der Waals surface area contributed by atoms with Crippen molar-refractivity contribution in [2.75, 3.05) is 0 Å². The lowest BCUT2D eigenvalue weighted by Crippen LogP contribution is -2.50. The largest absolute Gasteiger partial charge is 0.344 e. The third kappa shape index (κ3) is 5.14. The summed E-state index contributed by atoms with van der Waals surface area (Å²) in [6, 6.07) is 27.8. The zero-order valence-electron chi connectivity index (χ0n) is 17.7. The molecule has 0 aliphatic carbocycles. The predicted molar refractivity (Wildman–Crippen MR) is 134 cm³/mol. The summed E-state index contributed by atoms with van der Waals surface area (Å²) >= 11 is 0. The summed E-state index contributed by atoms with van der Waals surface area (Å²) < 4.78 is 2.75. The Morgan fingerprint density at radius 2 is 0.636 bits per heavy atom. The summed E-state index contributed by atoms with van der Waals surface area (Å²) in [5, 5.41) is 0. The second-order valence-electron chi connectivity index (χ2n) is 7.14. The number of rotatable bonds is 6. The van der Waals surface area contributed by atoms with Crippen LogP contribution in [-0.4, -0.2) is 13.7 Å². The van der Waals surface area contributed by atoms with Gasteiger partial charge in [0.1, 0.15) is 0 Å². The minimum absolute atomic E-state index is 0.756. The van der Waals surface area contributed by atoms with Gasteiger partial charge >= 0.3 is 17.1 Å². The molecule has 0 amide bonds. The monoisotopic (exact) mass is 435 g/mol. The van der Waals surface area contributed by atoms with E-state index >= 15 is 0 Å². The van der Waals surface area contributed by atoms with E-state index in [4.69, 9.17) is 0 Å². The summed E-state index contributed by atoms with van der Waals surface area (Å²) in [7, 11) is 0. The van der Waals surface area contributed by atoms with Gasteiger partial charge in [-0.2, -0.15) is 0 Å². The van der Waals surface area contributed by atoms with Gasteiger partial charge in [0, 0.05) is 18.6 Å². The number of nitrogens with zero attached hydrogens (tertiary/aromatic N) is 3. The quantitative estimate of drug-likeness (QED) is 0.459. The minimum atomic E-state index is -0.756. The van der Waals surface area contributed by atoms with E-state index in [1.54, 1.807) is 18.2 Å². The average molecular weight is 435 g/mol. The van der Waals surface area contributed by atoms with E-state index in [-0.39, 0.29) is 0 Å². The fraction of sp³-hybridized carbons (Fsp3) is 0.